The van der Waals surface area contributed by atoms with Gasteiger partial charge in [0.05, 0.1) is 18.6 Å². The SMILES string of the molecule is CC(CCC(=O)C1CNNC2C(=O)COC12)COCc1ccccc1. The van der Waals surface area contributed by atoms with Crippen LogP contribution in [0.1, 0.15) is 25.3 Å². The number of hydrazine groups is 1. The Bertz CT molecular complexity index is 592. The highest BCUT2D eigenvalue weighted by molar-refractivity contribution is 5.90. The molecular weight excluding hydrogens is 320 g/mol. The molecular formula is C19H26N2O4. The first-order chi connectivity index (χ1) is 12.1. The maximum Gasteiger partial charge on any atom is 0.179 e. The smallest absolute Gasteiger partial charge is 0.179 e. The number of Topliss-reactive ketones (excluding diaryl/α,β-unsaturated/α-hetero) is 2. The van der Waals surface area contributed by atoms with Gasteiger partial charge in [0.25, 0.3) is 0 Å². The second-order valence-electron chi connectivity index (χ2n) is 6.96. The van der Waals surface area contributed by atoms with E-state index < -0.39 is 6.04 Å². The average molecular weight is 346 g/mol. The first-order valence-corrected chi connectivity index (χ1v) is 8.92. The fourth-order valence-electron chi connectivity index (χ4n) is 3.36. The van der Waals surface area contributed by atoms with Gasteiger partial charge >= 0.3 is 0 Å². The van der Waals surface area contributed by atoms with Crippen LogP contribution in [0.4, 0.5) is 0 Å². The second kappa shape index (κ2) is 8.67. The van der Waals surface area contributed by atoms with Crippen LogP contribution in [-0.2, 0) is 25.7 Å². The van der Waals surface area contributed by atoms with Gasteiger partial charge in [-0.1, -0.05) is 37.3 Å². The van der Waals surface area contributed by atoms with Crippen molar-refractivity contribution >= 4 is 11.6 Å². The molecule has 6 nitrogen and oxygen atoms in total. The molecule has 2 saturated heterocycles. The summed E-state index contributed by atoms with van der Waals surface area (Å²) in [5, 5.41) is 0. The van der Waals surface area contributed by atoms with Crippen molar-refractivity contribution in [3.05, 3.63) is 35.9 Å². The van der Waals surface area contributed by atoms with Gasteiger partial charge in [-0.25, -0.2) is 5.43 Å². The Balaban J connectivity index is 1.39. The zero-order valence-corrected chi connectivity index (χ0v) is 14.6. The van der Waals surface area contributed by atoms with Crippen LogP contribution in [-0.4, -0.2) is 43.5 Å². The van der Waals surface area contributed by atoms with Gasteiger partial charge in [0.15, 0.2) is 5.78 Å². The number of rotatable bonds is 8. The van der Waals surface area contributed by atoms with Crippen molar-refractivity contribution in [1.29, 1.82) is 0 Å². The fourth-order valence-corrected chi connectivity index (χ4v) is 3.36. The highest BCUT2D eigenvalue weighted by atomic mass is 16.5. The van der Waals surface area contributed by atoms with Crippen molar-refractivity contribution < 1.29 is 19.1 Å². The normalized spacial score (nSPS) is 27.1. The van der Waals surface area contributed by atoms with Gasteiger partial charge in [-0.3, -0.25) is 15.0 Å². The standard InChI is InChI=1S/C19H26N2O4/c1-13(10-24-11-14-5-3-2-4-6-14)7-8-16(22)15-9-20-21-18-17(23)12-25-19(15)18/h2-6,13,15,18-21H,7-12H2,1H3. The minimum Gasteiger partial charge on any atom is -0.376 e. The van der Waals surface area contributed by atoms with Gasteiger partial charge < -0.3 is 9.47 Å². The molecule has 0 bridgehead atoms. The molecule has 4 unspecified atom stereocenters. The molecule has 2 heterocycles. The molecule has 2 aliphatic heterocycles. The van der Waals surface area contributed by atoms with Crippen molar-refractivity contribution in [2.24, 2.45) is 11.8 Å². The predicted octanol–water partition coefficient (Wildman–Crippen LogP) is 1.25. The lowest BCUT2D eigenvalue weighted by Crippen LogP contribution is -2.60. The lowest BCUT2D eigenvalue weighted by molar-refractivity contribution is -0.128. The highest BCUT2D eigenvalue weighted by Gasteiger charge is 2.45. The molecule has 1 aromatic carbocycles. The number of hydrogen-bond donors (Lipinski definition) is 2. The van der Waals surface area contributed by atoms with E-state index in [2.05, 4.69) is 17.8 Å². The third-order valence-corrected chi connectivity index (χ3v) is 4.88. The topological polar surface area (TPSA) is 76.7 Å². The minimum absolute atomic E-state index is 0.0117. The van der Waals surface area contributed by atoms with Crippen LogP contribution in [0.2, 0.25) is 0 Å². The lowest BCUT2D eigenvalue weighted by Gasteiger charge is -2.32. The fraction of sp³-hybridized carbons (Fsp3) is 0.579. The maximum absolute atomic E-state index is 12.5. The molecule has 0 spiro atoms. The van der Waals surface area contributed by atoms with E-state index in [0.29, 0.717) is 32.1 Å². The summed E-state index contributed by atoms with van der Waals surface area (Å²) < 4.78 is 11.3. The number of ether oxygens (including phenoxy) is 2. The molecule has 3 rings (SSSR count). The molecule has 0 aromatic heterocycles. The lowest BCUT2D eigenvalue weighted by atomic mass is 9.87. The molecule has 25 heavy (non-hydrogen) atoms. The molecule has 4 atom stereocenters. The predicted molar refractivity (Wildman–Crippen MR) is 92.7 cm³/mol. The highest BCUT2D eigenvalue weighted by Crippen LogP contribution is 2.24. The maximum atomic E-state index is 12.5. The molecule has 6 heteroatoms. The third kappa shape index (κ3) is 4.73. The van der Waals surface area contributed by atoms with E-state index >= 15 is 0 Å². The van der Waals surface area contributed by atoms with Crippen molar-refractivity contribution in [1.82, 2.24) is 10.9 Å². The third-order valence-electron chi connectivity index (χ3n) is 4.88. The summed E-state index contributed by atoms with van der Waals surface area (Å²) in [7, 11) is 0. The molecule has 1 aromatic rings. The van der Waals surface area contributed by atoms with Crippen molar-refractivity contribution in [2.75, 3.05) is 19.8 Å². The van der Waals surface area contributed by atoms with Crippen LogP contribution in [0.5, 0.6) is 0 Å². The van der Waals surface area contributed by atoms with E-state index in [0.717, 1.165) is 12.0 Å². The Morgan fingerprint density at radius 3 is 2.96 bits per heavy atom. The molecule has 136 valence electrons. The number of hydrogen-bond acceptors (Lipinski definition) is 6. The summed E-state index contributed by atoms with van der Waals surface area (Å²) in [6.07, 6.45) is 0.942. The molecule has 2 fully saturated rings. The van der Waals surface area contributed by atoms with Crippen molar-refractivity contribution in [3.63, 3.8) is 0 Å². The van der Waals surface area contributed by atoms with Crippen LogP contribution in [0.3, 0.4) is 0 Å². The molecule has 2 aliphatic rings. The van der Waals surface area contributed by atoms with E-state index in [9.17, 15) is 9.59 Å². The number of nitrogens with one attached hydrogen (secondary N) is 2. The van der Waals surface area contributed by atoms with Gasteiger partial charge in [-0.2, -0.15) is 0 Å². The molecule has 2 N–H and O–H groups in total. The van der Waals surface area contributed by atoms with Crippen molar-refractivity contribution in [2.45, 2.75) is 38.5 Å². The first-order valence-electron chi connectivity index (χ1n) is 8.92. The van der Waals surface area contributed by atoms with Gasteiger partial charge in [0.1, 0.15) is 18.4 Å². The number of benzene rings is 1. The quantitative estimate of drug-likeness (QED) is 0.738. The number of carbonyl (C=O) groups excluding carboxylic acids is 2. The summed E-state index contributed by atoms with van der Waals surface area (Å²) >= 11 is 0. The average Bonchev–Trinajstić information content (AvgIpc) is 3.02. The first kappa shape index (κ1) is 18.2. The summed E-state index contributed by atoms with van der Waals surface area (Å²) in [6, 6.07) is 9.66. The second-order valence-corrected chi connectivity index (χ2v) is 6.96. The van der Waals surface area contributed by atoms with E-state index in [1.165, 1.54) is 0 Å². The van der Waals surface area contributed by atoms with Crippen LogP contribution in [0, 0.1) is 11.8 Å². The Labute approximate surface area is 148 Å². The zero-order chi connectivity index (χ0) is 17.6. The van der Waals surface area contributed by atoms with Crippen LogP contribution >= 0.6 is 0 Å². The van der Waals surface area contributed by atoms with Crippen molar-refractivity contribution in [3.8, 4) is 0 Å². The van der Waals surface area contributed by atoms with E-state index in [1.54, 1.807) is 0 Å². The summed E-state index contributed by atoms with van der Waals surface area (Å²) in [4.78, 5) is 24.3. The van der Waals surface area contributed by atoms with Gasteiger partial charge in [-0.05, 0) is 17.9 Å². The Morgan fingerprint density at radius 1 is 1.36 bits per heavy atom. The van der Waals surface area contributed by atoms with Crippen LogP contribution in [0.25, 0.3) is 0 Å². The summed E-state index contributed by atoms with van der Waals surface area (Å²) in [6.45, 7) is 3.92. The summed E-state index contributed by atoms with van der Waals surface area (Å²) in [5.41, 5.74) is 7.04. The minimum atomic E-state index is -0.394. The van der Waals surface area contributed by atoms with E-state index in [1.807, 2.05) is 30.3 Å². The van der Waals surface area contributed by atoms with Crippen LogP contribution in [0.15, 0.2) is 30.3 Å². The van der Waals surface area contributed by atoms with Crippen LogP contribution < -0.4 is 10.9 Å². The number of carbonyl (C=O) groups is 2. The van der Waals surface area contributed by atoms with Gasteiger partial charge in [-0.15, -0.1) is 0 Å². The number of ketones is 2. The Morgan fingerprint density at radius 2 is 2.16 bits per heavy atom. The van der Waals surface area contributed by atoms with Gasteiger partial charge in [0.2, 0.25) is 0 Å². The Kier molecular flexibility index (Phi) is 6.31. The monoisotopic (exact) mass is 346 g/mol. The number of fused-ring (bicyclic) bond motifs is 1. The Hall–Kier alpha value is -1.60. The zero-order valence-electron chi connectivity index (χ0n) is 14.6. The van der Waals surface area contributed by atoms with E-state index in [-0.39, 0.29) is 30.2 Å². The molecule has 0 amide bonds. The molecule has 0 radical (unpaired) electrons. The largest absolute Gasteiger partial charge is 0.376 e. The molecule has 0 saturated carbocycles. The van der Waals surface area contributed by atoms with E-state index in [4.69, 9.17) is 9.47 Å². The van der Waals surface area contributed by atoms with Gasteiger partial charge in [0, 0.05) is 19.6 Å². The molecule has 0 aliphatic carbocycles. The summed E-state index contributed by atoms with van der Waals surface area (Å²) in [5.74, 6) is 0.227.